The number of rotatable bonds is 5. The predicted octanol–water partition coefficient (Wildman–Crippen LogP) is 12.6. The van der Waals surface area contributed by atoms with Crippen molar-refractivity contribution in [3.63, 3.8) is 0 Å². The molecule has 1 aliphatic heterocycles. The van der Waals surface area contributed by atoms with E-state index in [0.29, 0.717) is 0 Å². The molecule has 0 fully saturated rings. The van der Waals surface area contributed by atoms with Crippen LogP contribution in [-0.4, -0.2) is 20.6 Å². The fourth-order valence-corrected chi connectivity index (χ4v) is 9.29. The number of aromatic nitrogens is 2. The molecular formula is C54H36N6. The van der Waals surface area contributed by atoms with E-state index in [4.69, 9.17) is 21.7 Å². The van der Waals surface area contributed by atoms with Crippen LogP contribution in [0.2, 0.25) is 0 Å². The van der Waals surface area contributed by atoms with Crippen LogP contribution in [0.3, 0.4) is 0 Å². The third-order valence-electron chi connectivity index (χ3n) is 12.0. The minimum atomic E-state index is 0.733. The van der Waals surface area contributed by atoms with Crippen molar-refractivity contribution in [2.75, 3.05) is 11.5 Å². The second-order valence-electron chi connectivity index (χ2n) is 15.5. The first kappa shape index (κ1) is 33.9. The number of nitrogens with zero attached hydrogens (tertiary/aromatic N) is 4. The van der Waals surface area contributed by atoms with E-state index in [9.17, 15) is 0 Å². The van der Waals surface area contributed by atoms with Gasteiger partial charge in [0, 0.05) is 55.2 Å². The Kier molecular flexibility index (Phi) is 7.43. The standard InChI is InChI=1S/C54H36N6/c55-39-26-24-33-28-37(22-20-35(33)30-39)53-46(54(58-57-53)38-23-21-36-31-40(56)27-25-34(36)29-38)32-45-51(59-47-14-5-1-10-41(47)42-11-2-6-15-48(42)59)18-9-19-52(45)60-49-16-7-3-12-43(49)44-13-4-8-17-50(44)60/h1-32H,55-56H2. The molecule has 0 aliphatic carbocycles. The van der Waals surface area contributed by atoms with Crippen molar-refractivity contribution in [3.05, 3.63) is 210 Å². The molecule has 0 unspecified atom stereocenters. The molecule has 11 aromatic rings. The van der Waals surface area contributed by atoms with Gasteiger partial charge in [0.15, 0.2) is 0 Å². The number of nitrogens with two attached hydrogens (primary N) is 2. The minimum absolute atomic E-state index is 0.733. The Balaban J connectivity index is 1.19. The normalized spacial score (nSPS) is 13.0. The first-order valence-electron chi connectivity index (χ1n) is 20.1. The highest BCUT2D eigenvalue weighted by atomic mass is 15.2. The molecule has 0 amide bonds. The van der Waals surface area contributed by atoms with Crippen molar-refractivity contribution < 1.29 is 0 Å². The highest BCUT2D eigenvalue weighted by Crippen LogP contribution is 2.40. The molecule has 0 saturated carbocycles. The van der Waals surface area contributed by atoms with Crippen molar-refractivity contribution >= 4 is 94.0 Å². The molecule has 4 N–H and O–H groups in total. The Morgan fingerprint density at radius 1 is 0.367 bits per heavy atom. The number of fused-ring (bicyclic) bond motifs is 8. The van der Waals surface area contributed by atoms with Crippen LogP contribution < -0.4 is 11.5 Å². The van der Waals surface area contributed by atoms with Crippen LogP contribution in [0.25, 0.3) is 82.6 Å². The van der Waals surface area contributed by atoms with Crippen molar-refractivity contribution in [1.82, 2.24) is 9.13 Å². The van der Waals surface area contributed by atoms with Gasteiger partial charge >= 0.3 is 0 Å². The third-order valence-corrected chi connectivity index (χ3v) is 12.0. The molecule has 12 rings (SSSR count). The Hall–Kier alpha value is -8.22. The van der Waals surface area contributed by atoms with Gasteiger partial charge in [-0.2, -0.15) is 0 Å². The van der Waals surface area contributed by atoms with E-state index in [-0.39, 0.29) is 0 Å². The topological polar surface area (TPSA) is 86.6 Å². The molecule has 2 aromatic heterocycles. The molecule has 60 heavy (non-hydrogen) atoms. The van der Waals surface area contributed by atoms with E-state index in [1.807, 2.05) is 24.3 Å². The molecule has 0 radical (unpaired) electrons. The highest BCUT2D eigenvalue weighted by Gasteiger charge is 2.27. The lowest BCUT2D eigenvalue weighted by Gasteiger charge is -2.19. The summed E-state index contributed by atoms with van der Waals surface area (Å²) in [6.07, 6.45) is 2.32. The van der Waals surface area contributed by atoms with Gasteiger partial charge in [0.05, 0.1) is 33.4 Å². The number of anilines is 2. The second kappa shape index (κ2) is 13.2. The first-order valence-corrected chi connectivity index (χ1v) is 20.1. The lowest BCUT2D eigenvalue weighted by molar-refractivity contribution is 1.12. The fraction of sp³-hybridized carbons (Fsp3) is 0. The average molecular weight is 769 g/mol. The summed E-state index contributed by atoms with van der Waals surface area (Å²) >= 11 is 0. The van der Waals surface area contributed by atoms with Gasteiger partial charge in [0.1, 0.15) is 11.4 Å². The highest BCUT2D eigenvalue weighted by molar-refractivity contribution is 6.39. The smallest absolute Gasteiger partial charge is 0.102 e. The van der Waals surface area contributed by atoms with E-state index in [1.54, 1.807) is 0 Å². The second-order valence-corrected chi connectivity index (χ2v) is 15.5. The number of hydrogen-bond donors (Lipinski definition) is 2. The van der Waals surface area contributed by atoms with Crippen LogP contribution in [0, 0.1) is 0 Å². The lowest BCUT2D eigenvalue weighted by Crippen LogP contribution is -2.12. The molecule has 0 bridgehead atoms. The Morgan fingerprint density at radius 3 is 1.15 bits per heavy atom. The van der Waals surface area contributed by atoms with Crippen molar-refractivity contribution in [3.8, 4) is 11.4 Å². The van der Waals surface area contributed by atoms with Crippen molar-refractivity contribution in [2.24, 2.45) is 10.2 Å². The zero-order valence-corrected chi connectivity index (χ0v) is 32.4. The van der Waals surface area contributed by atoms with E-state index < -0.39 is 0 Å². The van der Waals surface area contributed by atoms with Gasteiger partial charge in [-0.25, -0.2) is 0 Å². The van der Waals surface area contributed by atoms with Gasteiger partial charge in [0.2, 0.25) is 0 Å². The van der Waals surface area contributed by atoms with Crippen LogP contribution in [0.5, 0.6) is 0 Å². The summed E-state index contributed by atoms with van der Waals surface area (Å²) in [5.41, 5.74) is 26.0. The molecule has 0 saturated heterocycles. The summed E-state index contributed by atoms with van der Waals surface area (Å²) in [6.45, 7) is 0. The van der Waals surface area contributed by atoms with Gasteiger partial charge in [-0.15, -0.1) is 10.2 Å². The zero-order valence-electron chi connectivity index (χ0n) is 32.4. The number of nitrogen functional groups attached to an aromatic ring is 2. The Labute approximate surface area is 345 Å². The summed E-state index contributed by atoms with van der Waals surface area (Å²) in [7, 11) is 0. The van der Waals surface area contributed by atoms with Gasteiger partial charge in [-0.05, 0) is 100 Å². The van der Waals surface area contributed by atoms with Gasteiger partial charge < -0.3 is 20.6 Å². The van der Waals surface area contributed by atoms with E-state index in [0.717, 1.165) is 100 Å². The zero-order chi connectivity index (χ0) is 39.9. The molecule has 0 spiro atoms. The molecule has 0 atom stereocenters. The number of benzene rings is 9. The number of allylic oxidation sites excluding steroid dienone is 1. The van der Waals surface area contributed by atoms with Crippen molar-refractivity contribution in [1.29, 1.82) is 0 Å². The third kappa shape index (κ3) is 5.21. The molecular weight excluding hydrogens is 733 g/mol. The first-order chi connectivity index (χ1) is 29.6. The maximum Gasteiger partial charge on any atom is 0.102 e. The monoisotopic (exact) mass is 768 g/mol. The minimum Gasteiger partial charge on any atom is -0.399 e. The summed E-state index contributed by atoms with van der Waals surface area (Å²) in [4.78, 5) is 0. The predicted molar refractivity (Wildman–Crippen MR) is 253 cm³/mol. The van der Waals surface area contributed by atoms with Crippen LogP contribution in [-0.2, 0) is 0 Å². The largest absolute Gasteiger partial charge is 0.399 e. The quantitative estimate of drug-likeness (QED) is 0.171. The van der Waals surface area contributed by atoms with Gasteiger partial charge in [-0.1, -0.05) is 115 Å². The summed E-state index contributed by atoms with van der Waals surface area (Å²) < 4.78 is 4.83. The molecule has 9 aromatic carbocycles. The van der Waals surface area contributed by atoms with Gasteiger partial charge in [-0.3, -0.25) is 0 Å². The van der Waals surface area contributed by atoms with E-state index >= 15 is 0 Å². The Morgan fingerprint density at radius 2 is 0.733 bits per heavy atom. The summed E-state index contributed by atoms with van der Waals surface area (Å²) in [5.74, 6) is 0. The van der Waals surface area contributed by atoms with Crippen LogP contribution in [0.15, 0.2) is 204 Å². The average Bonchev–Trinajstić information content (AvgIpc) is 3.96. The maximum atomic E-state index is 6.21. The Bertz CT molecular complexity index is 3350. The lowest BCUT2D eigenvalue weighted by atomic mass is 9.91. The molecule has 3 heterocycles. The summed E-state index contributed by atoms with van der Waals surface area (Å²) in [5, 5.41) is 19.2. The number of hydrogen-bond acceptors (Lipinski definition) is 4. The van der Waals surface area contributed by atoms with Gasteiger partial charge in [0.25, 0.3) is 0 Å². The maximum absolute atomic E-state index is 6.21. The fourth-order valence-electron chi connectivity index (χ4n) is 9.29. The molecule has 1 aliphatic rings. The van der Waals surface area contributed by atoms with Crippen molar-refractivity contribution in [2.45, 2.75) is 0 Å². The SMILES string of the molecule is Nc1ccc2cc(C3=NN=C(c4ccc5cc(N)ccc5c4)C3=Cc3c(-n4c5ccccc5c5ccccc54)cccc3-n3c4ccccc4c4ccccc43)ccc2c1. The van der Waals surface area contributed by atoms with E-state index in [1.165, 1.54) is 21.5 Å². The van der Waals surface area contributed by atoms with Crippen LogP contribution >= 0.6 is 0 Å². The molecule has 6 heteroatoms. The van der Waals surface area contributed by atoms with E-state index in [2.05, 4.69) is 179 Å². The number of para-hydroxylation sites is 4. The van der Waals surface area contributed by atoms with Crippen LogP contribution in [0.4, 0.5) is 11.4 Å². The van der Waals surface area contributed by atoms with Crippen LogP contribution in [0.1, 0.15) is 16.7 Å². The molecule has 6 nitrogen and oxygen atoms in total. The summed E-state index contributed by atoms with van der Waals surface area (Å²) in [6, 6.07) is 66.3. The molecule has 282 valence electrons.